The smallest absolute Gasteiger partial charge is 0.323 e. The van der Waals surface area contributed by atoms with Crippen molar-refractivity contribution in [3.8, 4) is 0 Å². The minimum atomic E-state index is -0.848. The molecule has 0 bridgehead atoms. The van der Waals surface area contributed by atoms with Gasteiger partial charge in [-0.1, -0.05) is 67.6 Å². The van der Waals surface area contributed by atoms with Crippen molar-refractivity contribution in [1.82, 2.24) is 4.57 Å². The average molecular weight is 463 g/mol. The van der Waals surface area contributed by atoms with Gasteiger partial charge in [-0.05, 0) is 65.1 Å². The third-order valence-corrected chi connectivity index (χ3v) is 6.53. The van der Waals surface area contributed by atoms with Gasteiger partial charge in [-0.25, -0.2) is 0 Å². The van der Waals surface area contributed by atoms with Crippen LogP contribution in [0.4, 0.5) is 11.4 Å². The van der Waals surface area contributed by atoms with Crippen LogP contribution in [-0.4, -0.2) is 22.1 Å². The number of carbonyl (C=O) groups is 2. The number of aromatic nitrogens is 1. The lowest BCUT2D eigenvalue weighted by Crippen LogP contribution is -2.14. The Balaban J connectivity index is 1.47. The molecule has 4 aromatic carbocycles. The first kappa shape index (κ1) is 22.4. The van der Waals surface area contributed by atoms with Crippen LogP contribution in [0.3, 0.4) is 0 Å². The lowest BCUT2D eigenvalue weighted by atomic mass is 10.0. The van der Waals surface area contributed by atoms with E-state index in [1.165, 1.54) is 0 Å². The molecule has 35 heavy (non-hydrogen) atoms. The molecule has 0 saturated carbocycles. The zero-order valence-corrected chi connectivity index (χ0v) is 19.5. The number of carbonyl (C=O) groups excluding carboxylic acids is 1. The maximum absolute atomic E-state index is 12.0. The van der Waals surface area contributed by atoms with Gasteiger partial charge in [0.05, 0.1) is 0 Å². The normalized spacial score (nSPS) is 11.1. The minimum Gasteiger partial charge on any atom is -0.480 e. The molecule has 1 N–H and O–H groups in total. The molecule has 5 nitrogen and oxygen atoms in total. The van der Waals surface area contributed by atoms with Crippen LogP contribution in [0.1, 0.15) is 23.7 Å². The second kappa shape index (κ2) is 9.47. The predicted octanol–water partition coefficient (Wildman–Crippen LogP) is 6.33. The molecule has 5 rings (SSSR count). The summed E-state index contributed by atoms with van der Waals surface area (Å²) in [5.41, 5.74) is 5.86. The summed E-state index contributed by atoms with van der Waals surface area (Å²) in [5.74, 6) is -0.848. The fourth-order valence-corrected chi connectivity index (χ4v) is 4.92. The number of anilines is 2. The summed E-state index contributed by atoms with van der Waals surface area (Å²) in [6.07, 6.45) is 2.28. The van der Waals surface area contributed by atoms with E-state index in [9.17, 15) is 14.7 Å². The van der Waals surface area contributed by atoms with Gasteiger partial charge in [0.25, 0.3) is 0 Å². The molecule has 0 saturated heterocycles. The first-order chi connectivity index (χ1) is 17.1. The van der Waals surface area contributed by atoms with Crippen LogP contribution in [-0.2, 0) is 29.0 Å². The summed E-state index contributed by atoms with van der Waals surface area (Å²) in [6.45, 7) is 2.01. The lowest BCUT2D eigenvalue weighted by molar-refractivity contribution is -0.137. The fourth-order valence-electron chi connectivity index (χ4n) is 4.92. The van der Waals surface area contributed by atoms with E-state index >= 15 is 0 Å². The predicted molar refractivity (Wildman–Crippen MR) is 140 cm³/mol. The number of nitrogens with zero attached hydrogens (tertiary/aromatic N) is 2. The zero-order valence-electron chi connectivity index (χ0n) is 19.5. The third-order valence-electron chi connectivity index (χ3n) is 6.53. The molecule has 1 amide bonds. The highest BCUT2D eigenvalue weighted by molar-refractivity contribution is 5.93. The number of para-hydroxylation sites is 1. The van der Waals surface area contributed by atoms with E-state index in [4.69, 9.17) is 0 Å². The summed E-state index contributed by atoms with van der Waals surface area (Å²) in [4.78, 5) is 25.2. The van der Waals surface area contributed by atoms with Crippen molar-refractivity contribution in [3.63, 3.8) is 0 Å². The van der Waals surface area contributed by atoms with Crippen molar-refractivity contribution < 1.29 is 14.7 Å². The highest BCUT2D eigenvalue weighted by atomic mass is 16.4. The van der Waals surface area contributed by atoms with Crippen LogP contribution in [0.25, 0.3) is 21.7 Å². The maximum Gasteiger partial charge on any atom is 0.323 e. The molecule has 0 unspecified atom stereocenters. The van der Waals surface area contributed by atoms with Crippen molar-refractivity contribution in [2.75, 3.05) is 4.90 Å². The number of rotatable bonds is 8. The van der Waals surface area contributed by atoms with Crippen LogP contribution >= 0.6 is 0 Å². The Labute approximate surface area is 203 Å². The van der Waals surface area contributed by atoms with E-state index in [0.717, 1.165) is 62.7 Å². The molecule has 0 aliphatic carbocycles. The van der Waals surface area contributed by atoms with Gasteiger partial charge in [0.15, 0.2) is 0 Å². The number of carboxylic acids is 1. The molecule has 174 valence electrons. The van der Waals surface area contributed by atoms with Crippen molar-refractivity contribution in [3.05, 3.63) is 108 Å². The summed E-state index contributed by atoms with van der Waals surface area (Å²) in [6, 6.07) is 30.0. The van der Waals surface area contributed by atoms with Gasteiger partial charge in [-0.15, -0.1) is 0 Å². The van der Waals surface area contributed by atoms with Gasteiger partial charge in [0.1, 0.15) is 6.54 Å². The number of aliphatic carboxylic acids is 1. The topological polar surface area (TPSA) is 62.5 Å². The molecular weight excluding hydrogens is 436 g/mol. The second-order valence-corrected chi connectivity index (χ2v) is 8.63. The van der Waals surface area contributed by atoms with E-state index in [2.05, 4.69) is 19.1 Å². The first-order valence-electron chi connectivity index (χ1n) is 11.7. The fraction of sp³-hybridized carbons (Fsp3) is 0.133. The average Bonchev–Trinajstić information content (AvgIpc) is 3.17. The number of benzene rings is 4. The van der Waals surface area contributed by atoms with Gasteiger partial charge in [0.2, 0.25) is 6.41 Å². The SMILES string of the molecule is CCc1c(Cc2ccc(N(C=O)c3ccc4ccccc4c3)cc2)c2ccccc2n1CC(=O)O. The number of carboxylic acid groups (broad SMARTS) is 1. The van der Waals surface area contributed by atoms with Gasteiger partial charge >= 0.3 is 5.97 Å². The van der Waals surface area contributed by atoms with E-state index in [-0.39, 0.29) is 6.54 Å². The molecule has 5 heteroatoms. The molecule has 1 aromatic heterocycles. The van der Waals surface area contributed by atoms with E-state index in [1.807, 2.05) is 83.4 Å². The highest BCUT2D eigenvalue weighted by Crippen LogP contribution is 2.31. The molecular formula is C30H26N2O3. The Hall–Kier alpha value is -4.38. The highest BCUT2D eigenvalue weighted by Gasteiger charge is 2.18. The Morgan fingerprint density at radius 3 is 2.29 bits per heavy atom. The Kier molecular flexibility index (Phi) is 6.06. The summed E-state index contributed by atoms with van der Waals surface area (Å²) in [7, 11) is 0. The van der Waals surface area contributed by atoms with Crippen molar-refractivity contribution in [2.45, 2.75) is 26.3 Å². The monoisotopic (exact) mass is 462 g/mol. The van der Waals surface area contributed by atoms with Crippen molar-refractivity contribution >= 4 is 45.4 Å². The van der Waals surface area contributed by atoms with Gasteiger partial charge in [-0.2, -0.15) is 0 Å². The van der Waals surface area contributed by atoms with Crippen LogP contribution in [0.5, 0.6) is 0 Å². The number of hydrogen-bond acceptors (Lipinski definition) is 2. The first-order valence-corrected chi connectivity index (χ1v) is 11.7. The van der Waals surface area contributed by atoms with Gasteiger partial charge in [-0.3, -0.25) is 14.5 Å². The third kappa shape index (κ3) is 4.28. The molecule has 0 aliphatic heterocycles. The summed E-state index contributed by atoms with van der Waals surface area (Å²) < 4.78 is 1.91. The summed E-state index contributed by atoms with van der Waals surface area (Å²) >= 11 is 0. The van der Waals surface area contributed by atoms with E-state index in [1.54, 1.807) is 4.90 Å². The van der Waals surface area contributed by atoms with Gasteiger partial charge in [0, 0.05) is 28.0 Å². The lowest BCUT2D eigenvalue weighted by Gasteiger charge is -2.19. The van der Waals surface area contributed by atoms with E-state index < -0.39 is 5.97 Å². The molecule has 0 atom stereocenters. The van der Waals surface area contributed by atoms with Crippen molar-refractivity contribution in [2.24, 2.45) is 0 Å². The quantitative estimate of drug-likeness (QED) is 0.274. The van der Waals surface area contributed by atoms with Crippen molar-refractivity contribution in [1.29, 1.82) is 0 Å². The van der Waals surface area contributed by atoms with Crippen LogP contribution in [0.15, 0.2) is 91.0 Å². The Bertz CT molecular complexity index is 1530. The molecule has 0 fully saturated rings. The largest absolute Gasteiger partial charge is 0.480 e. The van der Waals surface area contributed by atoms with E-state index in [0.29, 0.717) is 6.42 Å². The molecule has 0 aliphatic rings. The van der Waals surface area contributed by atoms with Crippen LogP contribution in [0.2, 0.25) is 0 Å². The Morgan fingerprint density at radius 1 is 0.886 bits per heavy atom. The molecule has 1 heterocycles. The molecule has 5 aromatic rings. The standard InChI is InChI=1S/C30H26N2O3/c1-2-28-27(26-9-5-6-10-29(26)31(28)19-30(34)35)17-21-11-14-24(15-12-21)32(20-33)25-16-13-22-7-3-4-8-23(22)18-25/h3-16,18,20H,2,17,19H2,1H3,(H,34,35). The molecule has 0 spiro atoms. The second-order valence-electron chi connectivity index (χ2n) is 8.63. The van der Waals surface area contributed by atoms with Crippen LogP contribution < -0.4 is 4.90 Å². The maximum atomic E-state index is 12.0. The van der Waals surface area contributed by atoms with Gasteiger partial charge < -0.3 is 9.67 Å². The van der Waals surface area contributed by atoms with Crippen LogP contribution in [0, 0.1) is 0 Å². The summed E-state index contributed by atoms with van der Waals surface area (Å²) in [5, 5.41) is 12.7. The number of amides is 1. The molecule has 0 radical (unpaired) electrons. The Morgan fingerprint density at radius 2 is 1.57 bits per heavy atom. The number of fused-ring (bicyclic) bond motifs is 2. The number of hydrogen-bond donors (Lipinski definition) is 1. The minimum absolute atomic E-state index is 0.0529. The zero-order chi connectivity index (χ0) is 24.4.